The van der Waals surface area contributed by atoms with Crippen molar-refractivity contribution in [3.05, 3.63) is 69.8 Å². The van der Waals surface area contributed by atoms with Crippen LogP contribution in [0.5, 0.6) is 0 Å². The number of H-pyrrole nitrogens is 1. The zero-order valence-corrected chi connectivity index (χ0v) is 16.4. The number of fused-ring (bicyclic) bond motifs is 4. The van der Waals surface area contributed by atoms with Crippen molar-refractivity contribution >= 4 is 38.6 Å². The van der Waals surface area contributed by atoms with E-state index in [4.69, 9.17) is 0 Å². The standard InChI is InChI=1S/C21H18BrN3O2/c1-24-11-18(26)25-17(21(24)27)10-14-12-6-3-5-9-16(12)23-19(14)20(25)13-7-2-4-8-15(13)22/h2-9,17,20,23H,10-11H2,1H3/t17-,20-/m1/s1. The number of carbonyl (C=O) groups excluding carboxylic acids is 2. The maximum absolute atomic E-state index is 13.0. The van der Waals surface area contributed by atoms with Gasteiger partial charge in [-0.05, 0) is 23.3 Å². The highest BCUT2D eigenvalue weighted by molar-refractivity contribution is 9.10. The Morgan fingerprint density at radius 3 is 2.63 bits per heavy atom. The van der Waals surface area contributed by atoms with Gasteiger partial charge in [-0.2, -0.15) is 0 Å². The number of para-hydroxylation sites is 1. The molecule has 27 heavy (non-hydrogen) atoms. The fraction of sp³-hybridized carbons (Fsp3) is 0.238. The number of aromatic nitrogens is 1. The van der Waals surface area contributed by atoms with Crippen LogP contribution in [0.15, 0.2) is 53.0 Å². The van der Waals surface area contributed by atoms with Crippen LogP contribution in [-0.2, 0) is 16.0 Å². The van der Waals surface area contributed by atoms with Crippen LogP contribution in [0, 0.1) is 0 Å². The first-order chi connectivity index (χ1) is 13.1. The first-order valence-electron chi connectivity index (χ1n) is 8.96. The monoisotopic (exact) mass is 423 g/mol. The molecule has 3 heterocycles. The highest BCUT2D eigenvalue weighted by Gasteiger charge is 2.47. The molecule has 2 aliphatic heterocycles. The molecular weight excluding hydrogens is 406 g/mol. The molecule has 0 bridgehead atoms. The smallest absolute Gasteiger partial charge is 0.245 e. The largest absolute Gasteiger partial charge is 0.356 e. The molecule has 0 spiro atoms. The third kappa shape index (κ3) is 2.36. The second kappa shape index (κ2) is 5.96. The minimum atomic E-state index is -0.472. The van der Waals surface area contributed by atoms with Gasteiger partial charge < -0.3 is 14.8 Å². The van der Waals surface area contributed by atoms with E-state index in [2.05, 4.69) is 27.0 Å². The first kappa shape index (κ1) is 16.6. The van der Waals surface area contributed by atoms with Crippen LogP contribution < -0.4 is 0 Å². The van der Waals surface area contributed by atoms with E-state index in [1.165, 1.54) is 0 Å². The molecule has 2 atom stereocenters. The summed E-state index contributed by atoms with van der Waals surface area (Å²) in [4.78, 5) is 32.8. The Labute approximate surface area is 165 Å². The van der Waals surface area contributed by atoms with E-state index in [9.17, 15) is 9.59 Å². The van der Waals surface area contributed by atoms with E-state index >= 15 is 0 Å². The number of amides is 2. The SMILES string of the molecule is CN1CC(=O)N2[C@H](c3ccccc3Br)c3[nH]c4ccccc4c3C[C@@H]2C1=O. The van der Waals surface area contributed by atoms with E-state index in [1.807, 2.05) is 42.5 Å². The quantitative estimate of drug-likeness (QED) is 0.652. The van der Waals surface area contributed by atoms with Gasteiger partial charge in [-0.1, -0.05) is 52.3 Å². The molecule has 3 aromatic rings. The molecule has 0 radical (unpaired) electrons. The van der Waals surface area contributed by atoms with E-state index in [1.54, 1.807) is 16.8 Å². The summed E-state index contributed by atoms with van der Waals surface area (Å²) in [7, 11) is 1.70. The number of hydrogen-bond acceptors (Lipinski definition) is 2. The van der Waals surface area contributed by atoms with Crippen molar-refractivity contribution in [3.63, 3.8) is 0 Å². The average molecular weight is 424 g/mol. The summed E-state index contributed by atoms with van der Waals surface area (Å²) in [5.74, 6) is -0.0188. The lowest BCUT2D eigenvalue weighted by Gasteiger charge is -2.46. The predicted octanol–water partition coefficient (Wildman–Crippen LogP) is 3.25. The molecule has 0 unspecified atom stereocenters. The normalized spacial score (nSPS) is 22.1. The number of carbonyl (C=O) groups is 2. The van der Waals surface area contributed by atoms with Crippen molar-refractivity contribution in [3.8, 4) is 0 Å². The van der Waals surface area contributed by atoms with Crippen molar-refractivity contribution in [1.29, 1.82) is 0 Å². The van der Waals surface area contributed by atoms with Gasteiger partial charge in [-0.25, -0.2) is 0 Å². The average Bonchev–Trinajstić information content (AvgIpc) is 3.04. The minimum absolute atomic E-state index is 0.00239. The summed E-state index contributed by atoms with van der Waals surface area (Å²) >= 11 is 3.64. The maximum Gasteiger partial charge on any atom is 0.245 e. The Kier molecular flexibility index (Phi) is 3.65. The van der Waals surface area contributed by atoms with Gasteiger partial charge in [0.25, 0.3) is 0 Å². The van der Waals surface area contributed by atoms with Crippen LogP contribution in [0.1, 0.15) is 22.9 Å². The maximum atomic E-state index is 13.0. The molecule has 1 fully saturated rings. The molecular formula is C21H18BrN3O2. The van der Waals surface area contributed by atoms with Crippen molar-refractivity contribution < 1.29 is 9.59 Å². The number of benzene rings is 2. The molecule has 1 N–H and O–H groups in total. The first-order valence-corrected chi connectivity index (χ1v) is 9.75. The topological polar surface area (TPSA) is 56.4 Å². The van der Waals surface area contributed by atoms with Gasteiger partial charge in [-0.3, -0.25) is 9.59 Å². The predicted molar refractivity (Wildman–Crippen MR) is 106 cm³/mol. The summed E-state index contributed by atoms with van der Waals surface area (Å²) < 4.78 is 0.930. The zero-order chi connectivity index (χ0) is 18.7. The summed E-state index contributed by atoms with van der Waals surface area (Å²) in [6.07, 6.45) is 0.537. The van der Waals surface area contributed by atoms with E-state index < -0.39 is 6.04 Å². The molecule has 1 saturated heterocycles. The van der Waals surface area contributed by atoms with Gasteiger partial charge in [0.05, 0.1) is 12.6 Å². The van der Waals surface area contributed by atoms with Crippen molar-refractivity contribution in [2.45, 2.75) is 18.5 Å². The number of rotatable bonds is 1. The number of halogens is 1. The number of nitrogens with one attached hydrogen (secondary N) is 1. The highest BCUT2D eigenvalue weighted by Crippen LogP contribution is 2.43. The Bertz CT molecular complexity index is 1090. The number of likely N-dealkylation sites (N-methyl/N-ethyl adjacent to an activating group) is 1. The number of piperazine rings is 1. The highest BCUT2D eigenvalue weighted by atomic mass is 79.9. The van der Waals surface area contributed by atoms with E-state index in [0.29, 0.717) is 6.42 Å². The van der Waals surface area contributed by atoms with Gasteiger partial charge in [0.1, 0.15) is 6.04 Å². The van der Waals surface area contributed by atoms with Crippen molar-refractivity contribution in [2.24, 2.45) is 0 Å². The van der Waals surface area contributed by atoms with Crippen molar-refractivity contribution in [2.75, 3.05) is 13.6 Å². The summed E-state index contributed by atoms with van der Waals surface area (Å²) in [5, 5.41) is 1.12. The molecule has 2 aromatic carbocycles. The molecule has 2 aliphatic rings. The van der Waals surface area contributed by atoms with Crippen LogP contribution in [0.2, 0.25) is 0 Å². The molecule has 6 heteroatoms. The second-order valence-electron chi connectivity index (χ2n) is 7.20. The third-order valence-corrected chi connectivity index (χ3v) is 6.38. The van der Waals surface area contributed by atoms with Crippen LogP contribution in [0.25, 0.3) is 10.9 Å². The lowest BCUT2D eigenvalue weighted by molar-refractivity contribution is -0.157. The van der Waals surface area contributed by atoms with E-state index in [-0.39, 0.29) is 24.4 Å². The molecule has 5 nitrogen and oxygen atoms in total. The molecule has 1 aromatic heterocycles. The lowest BCUT2D eigenvalue weighted by atomic mass is 9.86. The number of aromatic amines is 1. The number of nitrogens with zero attached hydrogens (tertiary/aromatic N) is 2. The van der Waals surface area contributed by atoms with E-state index in [0.717, 1.165) is 32.2 Å². The molecule has 136 valence electrons. The molecule has 2 amide bonds. The van der Waals surface area contributed by atoms with Crippen LogP contribution >= 0.6 is 15.9 Å². The van der Waals surface area contributed by atoms with Gasteiger partial charge in [0.2, 0.25) is 11.8 Å². The Hall–Kier alpha value is -2.60. The molecule has 0 saturated carbocycles. The number of hydrogen-bond donors (Lipinski definition) is 1. The second-order valence-corrected chi connectivity index (χ2v) is 8.06. The fourth-order valence-corrected chi connectivity index (χ4v) is 4.93. The molecule has 0 aliphatic carbocycles. The zero-order valence-electron chi connectivity index (χ0n) is 14.8. The lowest BCUT2D eigenvalue weighted by Crippen LogP contribution is -2.62. The van der Waals surface area contributed by atoms with Crippen LogP contribution in [0.3, 0.4) is 0 Å². The minimum Gasteiger partial charge on any atom is -0.356 e. The fourth-order valence-electron chi connectivity index (χ4n) is 4.43. The van der Waals surface area contributed by atoms with Gasteiger partial charge >= 0.3 is 0 Å². The Balaban J connectivity index is 1.79. The Morgan fingerprint density at radius 2 is 1.81 bits per heavy atom. The van der Waals surface area contributed by atoms with Gasteiger partial charge in [0.15, 0.2) is 0 Å². The van der Waals surface area contributed by atoms with Crippen LogP contribution in [0.4, 0.5) is 0 Å². The summed E-state index contributed by atoms with van der Waals surface area (Å²) in [6.45, 7) is 0.117. The summed E-state index contributed by atoms with van der Waals surface area (Å²) in [6, 6.07) is 15.3. The third-order valence-electron chi connectivity index (χ3n) is 5.65. The van der Waals surface area contributed by atoms with Gasteiger partial charge in [0, 0.05) is 34.5 Å². The van der Waals surface area contributed by atoms with Crippen molar-refractivity contribution in [1.82, 2.24) is 14.8 Å². The Morgan fingerprint density at radius 1 is 1.07 bits per heavy atom. The molecule has 5 rings (SSSR count). The van der Waals surface area contributed by atoms with Gasteiger partial charge in [-0.15, -0.1) is 0 Å². The van der Waals surface area contributed by atoms with Crippen LogP contribution in [-0.4, -0.2) is 46.2 Å². The summed E-state index contributed by atoms with van der Waals surface area (Å²) in [5.41, 5.74) is 4.16.